The highest BCUT2D eigenvalue weighted by atomic mass is 127. The lowest BCUT2D eigenvalue weighted by Crippen LogP contribution is -2.05. The smallest absolute Gasteiger partial charge is 0.0522 e. The maximum atomic E-state index is 4.15. The number of rotatable bonds is 4. The first-order chi connectivity index (χ1) is 8.15. The van der Waals surface area contributed by atoms with Gasteiger partial charge < -0.3 is 5.32 Å². The van der Waals surface area contributed by atoms with Crippen LogP contribution in [0.5, 0.6) is 0 Å². The summed E-state index contributed by atoms with van der Waals surface area (Å²) in [5.41, 5.74) is 2.42. The Morgan fingerprint density at radius 3 is 3.00 bits per heavy atom. The summed E-state index contributed by atoms with van der Waals surface area (Å²) in [4.78, 5) is 0. The SMILES string of the molecule is Cn1cc(CCNc2cc(Br)ccc2I)cn1. The van der Waals surface area contributed by atoms with E-state index in [4.69, 9.17) is 0 Å². The van der Waals surface area contributed by atoms with Crippen molar-refractivity contribution in [2.45, 2.75) is 6.42 Å². The monoisotopic (exact) mass is 405 g/mol. The molecule has 0 aliphatic carbocycles. The summed E-state index contributed by atoms with van der Waals surface area (Å²) in [6.07, 6.45) is 4.94. The second-order valence-electron chi connectivity index (χ2n) is 3.82. The van der Waals surface area contributed by atoms with Gasteiger partial charge in [-0.1, -0.05) is 15.9 Å². The largest absolute Gasteiger partial charge is 0.384 e. The van der Waals surface area contributed by atoms with Gasteiger partial charge in [-0.05, 0) is 52.8 Å². The Balaban J connectivity index is 1.91. The summed E-state index contributed by atoms with van der Waals surface area (Å²) in [5.74, 6) is 0. The Bertz CT molecular complexity index is 510. The van der Waals surface area contributed by atoms with E-state index >= 15 is 0 Å². The lowest BCUT2D eigenvalue weighted by atomic mass is 10.2. The molecule has 2 rings (SSSR count). The molecule has 0 unspecified atom stereocenters. The first-order valence-electron chi connectivity index (χ1n) is 5.31. The van der Waals surface area contributed by atoms with E-state index in [2.05, 4.69) is 61.1 Å². The second-order valence-corrected chi connectivity index (χ2v) is 5.90. The average molecular weight is 406 g/mol. The lowest BCUT2D eigenvalue weighted by molar-refractivity contribution is 0.767. The van der Waals surface area contributed by atoms with Crippen molar-refractivity contribution in [3.05, 3.63) is 44.2 Å². The Hall–Kier alpha value is -0.560. The molecule has 0 aliphatic heterocycles. The highest BCUT2D eigenvalue weighted by Gasteiger charge is 2.01. The van der Waals surface area contributed by atoms with Crippen LogP contribution in [0.1, 0.15) is 5.56 Å². The fraction of sp³-hybridized carbons (Fsp3) is 0.250. The third kappa shape index (κ3) is 3.70. The van der Waals surface area contributed by atoms with Gasteiger partial charge in [0.1, 0.15) is 0 Å². The van der Waals surface area contributed by atoms with Gasteiger partial charge in [0.2, 0.25) is 0 Å². The molecular weight excluding hydrogens is 393 g/mol. The van der Waals surface area contributed by atoms with Gasteiger partial charge in [-0.3, -0.25) is 4.68 Å². The van der Waals surface area contributed by atoms with Crippen LogP contribution in [0, 0.1) is 3.57 Å². The summed E-state index contributed by atoms with van der Waals surface area (Å²) in [5, 5.41) is 7.59. The third-order valence-electron chi connectivity index (χ3n) is 2.42. The fourth-order valence-electron chi connectivity index (χ4n) is 1.58. The summed E-state index contributed by atoms with van der Waals surface area (Å²) < 4.78 is 4.16. The van der Waals surface area contributed by atoms with Crippen LogP contribution >= 0.6 is 38.5 Å². The summed E-state index contributed by atoms with van der Waals surface area (Å²) in [7, 11) is 1.94. The number of hydrogen-bond acceptors (Lipinski definition) is 2. The van der Waals surface area contributed by atoms with Gasteiger partial charge in [-0.2, -0.15) is 5.10 Å². The topological polar surface area (TPSA) is 29.9 Å². The molecule has 17 heavy (non-hydrogen) atoms. The zero-order chi connectivity index (χ0) is 12.3. The first-order valence-corrected chi connectivity index (χ1v) is 7.19. The van der Waals surface area contributed by atoms with Gasteiger partial charge in [-0.25, -0.2) is 0 Å². The van der Waals surface area contributed by atoms with Crippen molar-refractivity contribution in [2.75, 3.05) is 11.9 Å². The van der Waals surface area contributed by atoms with Crippen molar-refractivity contribution in [1.29, 1.82) is 0 Å². The molecule has 0 spiro atoms. The van der Waals surface area contributed by atoms with Crippen LogP contribution in [0.2, 0.25) is 0 Å². The minimum atomic E-state index is 0.915. The molecule has 0 fully saturated rings. The van der Waals surface area contributed by atoms with Crippen molar-refractivity contribution in [3.8, 4) is 0 Å². The quantitative estimate of drug-likeness (QED) is 0.789. The van der Waals surface area contributed by atoms with E-state index in [9.17, 15) is 0 Å². The number of nitrogens with one attached hydrogen (secondary N) is 1. The number of benzene rings is 1. The van der Waals surface area contributed by atoms with E-state index in [-0.39, 0.29) is 0 Å². The normalized spacial score (nSPS) is 10.5. The zero-order valence-corrected chi connectivity index (χ0v) is 13.2. The van der Waals surface area contributed by atoms with Crippen LogP contribution < -0.4 is 5.32 Å². The van der Waals surface area contributed by atoms with Gasteiger partial charge in [0.15, 0.2) is 0 Å². The van der Waals surface area contributed by atoms with E-state index in [1.807, 2.05) is 30.2 Å². The molecule has 0 saturated heterocycles. The Morgan fingerprint density at radius 2 is 2.29 bits per heavy atom. The number of nitrogens with zero attached hydrogens (tertiary/aromatic N) is 2. The Labute approximate surface area is 123 Å². The van der Waals surface area contributed by atoms with Crippen molar-refractivity contribution in [2.24, 2.45) is 7.05 Å². The van der Waals surface area contributed by atoms with Gasteiger partial charge in [0.05, 0.1) is 6.20 Å². The maximum Gasteiger partial charge on any atom is 0.0522 e. The molecule has 1 heterocycles. The van der Waals surface area contributed by atoms with E-state index in [1.54, 1.807) is 0 Å². The molecule has 0 amide bonds. The summed E-state index contributed by atoms with van der Waals surface area (Å²) in [6, 6.07) is 6.25. The highest BCUT2D eigenvalue weighted by Crippen LogP contribution is 2.22. The second kappa shape index (κ2) is 5.86. The minimum absolute atomic E-state index is 0.915. The van der Waals surface area contributed by atoms with E-state index < -0.39 is 0 Å². The Kier molecular flexibility index (Phi) is 4.44. The Morgan fingerprint density at radius 1 is 1.47 bits per heavy atom. The van der Waals surface area contributed by atoms with Crippen molar-refractivity contribution >= 4 is 44.2 Å². The molecule has 1 N–H and O–H groups in total. The van der Waals surface area contributed by atoms with Gasteiger partial charge in [0.25, 0.3) is 0 Å². The molecule has 0 atom stereocenters. The average Bonchev–Trinajstić information content (AvgIpc) is 2.69. The number of aryl methyl sites for hydroxylation is 1. The molecule has 1 aromatic heterocycles. The predicted octanol–water partition coefficient (Wildman–Crippen LogP) is 3.44. The summed E-state index contributed by atoms with van der Waals surface area (Å²) >= 11 is 5.82. The van der Waals surface area contributed by atoms with E-state index in [0.29, 0.717) is 0 Å². The molecule has 0 saturated carbocycles. The van der Waals surface area contributed by atoms with Gasteiger partial charge in [0, 0.05) is 33.5 Å². The fourth-order valence-corrected chi connectivity index (χ4v) is 2.46. The molecule has 2 aromatic rings. The van der Waals surface area contributed by atoms with Crippen LogP contribution in [-0.2, 0) is 13.5 Å². The molecule has 3 nitrogen and oxygen atoms in total. The third-order valence-corrected chi connectivity index (χ3v) is 3.85. The molecule has 1 aromatic carbocycles. The number of anilines is 1. The number of hydrogen-bond donors (Lipinski definition) is 1. The van der Waals surface area contributed by atoms with Crippen LogP contribution in [-0.4, -0.2) is 16.3 Å². The molecule has 90 valence electrons. The minimum Gasteiger partial charge on any atom is -0.384 e. The van der Waals surface area contributed by atoms with Crippen LogP contribution in [0.3, 0.4) is 0 Å². The van der Waals surface area contributed by atoms with E-state index in [1.165, 1.54) is 14.8 Å². The number of halogens is 2. The van der Waals surface area contributed by atoms with Gasteiger partial charge in [-0.15, -0.1) is 0 Å². The van der Waals surface area contributed by atoms with Crippen LogP contribution in [0.25, 0.3) is 0 Å². The van der Waals surface area contributed by atoms with Crippen molar-refractivity contribution in [3.63, 3.8) is 0 Å². The molecule has 0 radical (unpaired) electrons. The van der Waals surface area contributed by atoms with Crippen LogP contribution in [0.15, 0.2) is 35.1 Å². The van der Waals surface area contributed by atoms with Crippen molar-refractivity contribution in [1.82, 2.24) is 9.78 Å². The van der Waals surface area contributed by atoms with Crippen LogP contribution in [0.4, 0.5) is 5.69 Å². The zero-order valence-electron chi connectivity index (χ0n) is 9.45. The molecule has 0 aliphatic rings. The predicted molar refractivity (Wildman–Crippen MR) is 82.3 cm³/mol. The van der Waals surface area contributed by atoms with E-state index in [0.717, 1.165) is 17.4 Å². The highest BCUT2D eigenvalue weighted by molar-refractivity contribution is 14.1. The molecule has 5 heteroatoms. The number of aromatic nitrogens is 2. The lowest BCUT2D eigenvalue weighted by Gasteiger charge is -2.08. The van der Waals surface area contributed by atoms with Crippen molar-refractivity contribution < 1.29 is 0 Å². The summed E-state index contributed by atoms with van der Waals surface area (Å²) in [6.45, 7) is 0.915. The van der Waals surface area contributed by atoms with Gasteiger partial charge >= 0.3 is 0 Å². The standard InChI is InChI=1S/C12H13BrIN3/c1-17-8-9(7-16-17)4-5-15-12-6-10(13)2-3-11(12)14/h2-3,6-8,15H,4-5H2,1H3. The maximum absolute atomic E-state index is 4.15. The molecule has 0 bridgehead atoms. The first kappa shape index (κ1) is 12.9. The molecular formula is C12H13BrIN3.